The number of likely N-dealkylation sites (tertiary alicyclic amines) is 1. The maximum atomic E-state index is 11.5. The number of rotatable bonds is 2. The Bertz CT molecular complexity index is 213. The first-order valence-corrected chi connectivity index (χ1v) is 4.96. The standard InChI is InChI=1S/C10H17NO2/c1-3-10(13)11-7-5-4-6-9(11)8(2)12/h9H,3-7H2,1-2H3/t9-/m0/s1. The van der Waals surface area contributed by atoms with E-state index in [1.54, 1.807) is 11.8 Å². The van der Waals surface area contributed by atoms with Crippen molar-refractivity contribution in [3.63, 3.8) is 0 Å². The van der Waals surface area contributed by atoms with Gasteiger partial charge in [-0.25, -0.2) is 0 Å². The van der Waals surface area contributed by atoms with Crippen LogP contribution in [-0.2, 0) is 9.59 Å². The summed E-state index contributed by atoms with van der Waals surface area (Å²) in [6, 6.07) is -0.138. The lowest BCUT2D eigenvalue weighted by molar-refractivity contribution is -0.140. The number of carbonyl (C=O) groups excluding carboxylic acids is 2. The van der Waals surface area contributed by atoms with Gasteiger partial charge in [0.1, 0.15) is 0 Å². The molecule has 0 N–H and O–H groups in total. The molecular formula is C10H17NO2. The van der Waals surface area contributed by atoms with Crippen molar-refractivity contribution in [3.8, 4) is 0 Å². The first kappa shape index (κ1) is 10.2. The zero-order valence-electron chi connectivity index (χ0n) is 8.38. The van der Waals surface area contributed by atoms with E-state index in [4.69, 9.17) is 0 Å². The molecule has 1 amide bonds. The molecule has 0 spiro atoms. The molecule has 1 aliphatic heterocycles. The highest BCUT2D eigenvalue weighted by Gasteiger charge is 2.28. The number of ketones is 1. The fourth-order valence-corrected chi connectivity index (χ4v) is 1.86. The number of piperidine rings is 1. The Kier molecular flexibility index (Phi) is 3.46. The van der Waals surface area contributed by atoms with E-state index in [-0.39, 0.29) is 17.7 Å². The molecule has 3 nitrogen and oxygen atoms in total. The largest absolute Gasteiger partial charge is 0.333 e. The Morgan fingerprint density at radius 1 is 1.38 bits per heavy atom. The monoisotopic (exact) mass is 183 g/mol. The van der Waals surface area contributed by atoms with Gasteiger partial charge in [-0.3, -0.25) is 9.59 Å². The molecule has 1 fully saturated rings. The number of hydrogen-bond donors (Lipinski definition) is 0. The highest BCUT2D eigenvalue weighted by Crippen LogP contribution is 2.18. The van der Waals surface area contributed by atoms with E-state index >= 15 is 0 Å². The summed E-state index contributed by atoms with van der Waals surface area (Å²) in [5, 5.41) is 0. The molecule has 0 unspecified atom stereocenters. The molecule has 0 aliphatic carbocycles. The molecule has 0 radical (unpaired) electrons. The van der Waals surface area contributed by atoms with Crippen LogP contribution in [0.4, 0.5) is 0 Å². The molecule has 0 aromatic heterocycles. The minimum Gasteiger partial charge on any atom is -0.333 e. The average Bonchev–Trinajstić information content (AvgIpc) is 2.16. The molecule has 0 aromatic rings. The molecule has 0 bridgehead atoms. The van der Waals surface area contributed by atoms with Crippen LogP contribution in [0.2, 0.25) is 0 Å². The van der Waals surface area contributed by atoms with Gasteiger partial charge in [-0.2, -0.15) is 0 Å². The van der Waals surface area contributed by atoms with Crippen molar-refractivity contribution in [3.05, 3.63) is 0 Å². The SMILES string of the molecule is CCC(=O)N1CCCC[C@H]1C(C)=O. The van der Waals surface area contributed by atoms with Gasteiger partial charge >= 0.3 is 0 Å². The van der Waals surface area contributed by atoms with E-state index in [0.29, 0.717) is 6.42 Å². The number of carbonyl (C=O) groups is 2. The zero-order chi connectivity index (χ0) is 9.84. The van der Waals surface area contributed by atoms with Gasteiger partial charge in [0.05, 0.1) is 6.04 Å². The molecule has 1 aliphatic rings. The third-order valence-electron chi connectivity index (χ3n) is 2.59. The second-order valence-corrected chi connectivity index (χ2v) is 3.56. The van der Waals surface area contributed by atoms with E-state index < -0.39 is 0 Å². The van der Waals surface area contributed by atoms with Gasteiger partial charge in [-0.1, -0.05) is 6.92 Å². The number of hydrogen-bond acceptors (Lipinski definition) is 2. The number of amides is 1. The molecule has 0 aromatic carbocycles. The van der Waals surface area contributed by atoms with Gasteiger partial charge in [0, 0.05) is 13.0 Å². The van der Waals surface area contributed by atoms with Crippen molar-refractivity contribution in [2.45, 2.75) is 45.6 Å². The van der Waals surface area contributed by atoms with E-state index in [2.05, 4.69) is 0 Å². The number of nitrogens with zero attached hydrogens (tertiary/aromatic N) is 1. The smallest absolute Gasteiger partial charge is 0.222 e. The van der Waals surface area contributed by atoms with Crippen molar-refractivity contribution < 1.29 is 9.59 Å². The molecule has 1 saturated heterocycles. The van der Waals surface area contributed by atoms with E-state index in [1.165, 1.54) is 0 Å². The van der Waals surface area contributed by atoms with E-state index in [0.717, 1.165) is 25.8 Å². The van der Waals surface area contributed by atoms with Crippen LogP contribution in [0, 0.1) is 0 Å². The lowest BCUT2D eigenvalue weighted by atomic mass is 9.99. The van der Waals surface area contributed by atoms with Gasteiger partial charge in [-0.05, 0) is 26.2 Å². The molecule has 74 valence electrons. The Labute approximate surface area is 79.1 Å². The lowest BCUT2D eigenvalue weighted by Gasteiger charge is -2.33. The van der Waals surface area contributed by atoms with Crippen LogP contribution in [0.15, 0.2) is 0 Å². The highest BCUT2D eigenvalue weighted by molar-refractivity contribution is 5.87. The molecule has 0 saturated carbocycles. The third kappa shape index (κ3) is 2.29. The van der Waals surface area contributed by atoms with Gasteiger partial charge in [-0.15, -0.1) is 0 Å². The average molecular weight is 183 g/mol. The molecule has 1 heterocycles. The van der Waals surface area contributed by atoms with Crippen molar-refractivity contribution in [2.75, 3.05) is 6.54 Å². The molecule has 1 atom stereocenters. The summed E-state index contributed by atoms with van der Waals surface area (Å²) in [6.07, 6.45) is 3.46. The van der Waals surface area contributed by atoms with E-state index in [9.17, 15) is 9.59 Å². The van der Waals surface area contributed by atoms with Crippen LogP contribution in [-0.4, -0.2) is 29.2 Å². The maximum absolute atomic E-state index is 11.5. The molecule has 1 rings (SSSR count). The van der Waals surface area contributed by atoms with Crippen molar-refractivity contribution in [2.24, 2.45) is 0 Å². The second kappa shape index (κ2) is 4.40. The quantitative estimate of drug-likeness (QED) is 0.648. The van der Waals surface area contributed by atoms with Crippen molar-refractivity contribution in [1.82, 2.24) is 4.90 Å². The summed E-state index contributed by atoms with van der Waals surface area (Å²) < 4.78 is 0. The third-order valence-corrected chi connectivity index (χ3v) is 2.59. The Hall–Kier alpha value is -0.860. The van der Waals surface area contributed by atoms with E-state index in [1.807, 2.05) is 6.92 Å². The van der Waals surface area contributed by atoms with Crippen LogP contribution in [0.25, 0.3) is 0 Å². The lowest BCUT2D eigenvalue weighted by Crippen LogP contribution is -2.46. The summed E-state index contributed by atoms with van der Waals surface area (Å²) in [4.78, 5) is 24.4. The maximum Gasteiger partial charge on any atom is 0.222 e. The molecular weight excluding hydrogens is 166 g/mol. The summed E-state index contributed by atoms with van der Waals surface area (Å²) in [6.45, 7) is 4.18. The van der Waals surface area contributed by atoms with Crippen molar-refractivity contribution >= 4 is 11.7 Å². The van der Waals surface area contributed by atoms with Crippen LogP contribution in [0.5, 0.6) is 0 Å². The van der Waals surface area contributed by atoms with Gasteiger partial charge in [0.15, 0.2) is 5.78 Å². The number of Topliss-reactive ketones (excluding diaryl/α,β-unsaturated/α-hetero) is 1. The fourth-order valence-electron chi connectivity index (χ4n) is 1.86. The van der Waals surface area contributed by atoms with Crippen LogP contribution in [0.1, 0.15) is 39.5 Å². The predicted molar refractivity (Wildman–Crippen MR) is 50.3 cm³/mol. The predicted octanol–water partition coefficient (Wildman–Crippen LogP) is 1.37. The minimum absolute atomic E-state index is 0.111. The summed E-state index contributed by atoms with van der Waals surface area (Å²) in [5.41, 5.74) is 0. The summed E-state index contributed by atoms with van der Waals surface area (Å²) >= 11 is 0. The summed E-state index contributed by atoms with van der Waals surface area (Å²) in [5.74, 6) is 0.237. The first-order valence-electron chi connectivity index (χ1n) is 4.96. The van der Waals surface area contributed by atoms with Gasteiger partial charge in [0.2, 0.25) is 5.91 Å². The van der Waals surface area contributed by atoms with Crippen LogP contribution < -0.4 is 0 Å². The zero-order valence-corrected chi connectivity index (χ0v) is 8.38. The van der Waals surface area contributed by atoms with Gasteiger partial charge < -0.3 is 4.90 Å². The molecule has 3 heteroatoms. The topological polar surface area (TPSA) is 37.4 Å². The molecule has 13 heavy (non-hydrogen) atoms. The van der Waals surface area contributed by atoms with Gasteiger partial charge in [0.25, 0.3) is 0 Å². The Morgan fingerprint density at radius 3 is 2.62 bits per heavy atom. The fraction of sp³-hybridized carbons (Fsp3) is 0.800. The Balaban J connectivity index is 2.67. The highest BCUT2D eigenvalue weighted by atomic mass is 16.2. The first-order chi connectivity index (χ1) is 6.16. The second-order valence-electron chi connectivity index (χ2n) is 3.56. The Morgan fingerprint density at radius 2 is 2.08 bits per heavy atom. The normalized spacial score (nSPS) is 22.9. The van der Waals surface area contributed by atoms with Crippen LogP contribution >= 0.6 is 0 Å². The minimum atomic E-state index is -0.138. The van der Waals surface area contributed by atoms with Crippen molar-refractivity contribution in [1.29, 1.82) is 0 Å². The van der Waals surface area contributed by atoms with Crippen LogP contribution in [0.3, 0.4) is 0 Å². The summed E-state index contributed by atoms with van der Waals surface area (Å²) in [7, 11) is 0.